The second kappa shape index (κ2) is 6.09. The maximum atomic E-state index is 13.6. The van der Waals surface area contributed by atoms with E-state index in [2.05, 4.69) is 15.3 Å². The summed E-state index contributed by atoms with van der Waals surface area (Å²) in [7, 11) is 0. The lowest BCUT2D eigenvalue weighted by Gasteiger charge is -2.41. The summed E-state index contributed by atoms with van der Waals surface area (Å²) >= 11 is 0. The molecule has 4 heterocycles. The summed E-state index contributed by atoms with van der Waals surface area (Å²) in [5, 5.41) is 8.81. The van der Waals surface area contributed by atoms with E-state index in [-0.39, 0.29) is 23.9 Å². The molecule has 1 amide bonds. The van der Waals surface area contributed by atoms with Gasteiger partial charge in [0.25, 0.3) is 5.91 Å². The minimum absolute atomic E-state index is 0.0354. The SMILES string of the molecule is Cc1cc(C(=O)N2CCC3OCc4cnnn4C3C2)c2ccc(F)cc2n1. The maximum absolute atomic E-state index is 13.6. The normalized spacial score (nSPS) is 21.8. The Balaban J connectivity index is 1.50. The number of amides is 1. The number of halogens is 1. The van der Waals surface area contributed by atoms with E-state index in [4.69, 9.17) is 4.74 Å². The Morgan fingerprint density at radius 1 is 1.33 bits per heavy atom. The summed E-state index contributed by atoms with van der Waals surface area (Å²) in [6.45, 7) is 3.42. The molecular weight excluding hydrogens is 349 g/mol. The van der Waals surface area contributed by atoms with Crippen molar-refractivity contribution in [3.63, 3.8) is 0 Å². The summed E-state index contributed by atoms with van der Waals surface area (Å²) in [4.78, 5) is 19.5. The number of hydrogen-bond donors (Lipinski definition) is 0. The van der Waals surface area contributed by atoms with Crippen LogP contribution in [0.25, 0.3) is 10.9 Å². The highest BCUT2D eigenvalue weighted by Gasteiger charge is 2.38. The van der Waals surface area contributed by atoms with Gasteiger partial charge in [0.05, 0.1) is 41.7 Å². The standard InChI is InChI=1S/C19H18FN5O2/c1-11-6-15(14-3-2-12(20)7-16(14)22-11)19(26)24-5-4-18-17(9-24)25-13(10-27-18)8-21-23-25/h2-3,6-8,17-18H,4-5,9-10H2,1H3. The fourth-order valence-electron chi connectivity index (χ4n) is 4.04. The van der Waals surface area contributed by atoms with Gasteiger partial charge in [-0.25, -0.2) is 9.07 Å². The van der Waals surface area contributed by atoms with Gasteiger partial charge in [0.1, 0.15) is 5.82 Å². The molecule has 1 aromatic carbocycles. The predicted octanol–water partition coefficient (Wildman–Crippen LogP) is 2.26. The van der Waals surface area contributed by atoms with E-state index in [1.165, 1.54) is 12.1 Å². The first-order valence-corrected chi connectivity index (χ1v) is 8.97. The van der Waals surface area contributed by atoms with Crippen molar-refractivity contribution < 1.29 is 13.9 Å². The van der Waals surface area contributed by atoms with E-state index in [0.29, 0.717) is 41.9 Å². The molecule has 5 rings (SSSR count). The zero-order valence-electron chi connectivity index (χ0n) is 14.8. The average molecular weight is 367 g/mol. The summed E-state index contributed by atoms with van der Waals surface area (Å²) in [5.41, 5.74) is 2.65. The van der Waals surface area contributed by atoms with Crippen LogP contribution in [0.3, 0.4) is 0 Å². The number of piperidine rings is 1. The van der Waals surface area contributed by atoms with Crippen LogP contribution in [0, 0.1) is 12.7 Å². The van der Waals surface area contributed by atoms with Crippen LogP contribution in [0.15, 0.2) is 30.5 Å². The van der Waals surface area contributed by atoms with Gasteiger partial charge in [0, 0.05) is 30.2 Å². The highest BCUT2D eigenvalue weighted by atomic mass is 19.1. The van der Waals surface area contributed by atoms with Gasteiger partial charge in [-0.3, -0.25) is 9.78 Å². The smallest absolute Gasteiger partial charge is 0.254 e. The number of carbonyl (C=O) groups excluding carboxylic acids is 1. The molecule has 1 fully saturated rings. The van der Waals surface area contributed by atoms with E-state index in [0.717, 1.165) is 12.1 Å². The quantitative estimate of drug-likeness (QED) is 0.660. The number of hydrogen-bond acceptors (Lipinski definition) is 5. The van der Waals surface area contributed by atoms with Gasteiger partial charge in [0.2, 0.25) is 0 Å². The number of ether oxygens (including phenoxy) is 1. The van der Waals surface area contributed by atoms with Crippen LogP contribution < -0.4 is 0 Å². The van der Waals surface area contributed by atoms with Gasteiger partial charge in [-0.1, -0.05) is 5.21 Å². The minimum atomic E-state index is -0.363. The number of nitrogens with zero attached hydrogens (tertiary/aromatic N) is 5. The Labute approximate surface area is 154 Å². The molecule has 138 valence electrons. The Kier molecular flexibility index (Phi) is 3.68. The van der Waals surface area contributed by atoms with Gasteiger partial charge < -0.3 is 9.64 Å². The van der Waals surface area contributed by atoms with Crippen molar-refractivity contribution in [3.05, 3.63) is 53.2 Å². The number of aryl methyl sites for hydroxylation is 1. The molecule has 8 heteroatoms. The van der Waals surface area contributed by atoms with Crippen molar-refractivity contribution >= 4 is 16.8 Å². The Bertz CT molecular complexity index is 1040. The van der Waals surface area contributed by atoms with E-state index in [1.54, 1.807) is 18.3 Å². The highest BCUT2D eigenvalue weighted by Crippen LogP contribution is 2.31. The number of pyridine rings is 1. The van der Waals surface area contributed by atoms with E-state index >= 15 is 0 Å². The van der Waals surface area contributed by atoms with Gasteiger partial charge in [0.15, 0.2) is 0 Å². The highest BCUT2D eigenvalue weighted by molar-refractivity contribution is 6.06. The van der Waals surface area contributed by atoms with Gasteiger partial charge >= 0.3 is 0 Å². The summed E-state index contributed by atoms with van der Waals surface area (Å²) in [6, 6.07) is 6.07. The van der Waals surface area contributed by atoms with Crippen LogP contribution in [0.4, 0.5) is 4.39 Å². The maximum Gasteiger partial charge on any atom is 0.254 e. The fourth-order valence-corrected chi connectivity index (χ4v) is 4.04. The molecule has 2 atom stereocenters. The zero-order chi connectivity index (χ0) is 18.5. The molecule has 2 aliphatic rings. The molecule has 2 unspecified atom stereocenters. The molecule has 0 aliphatic carbocycles. The Hall–Kier alpha value is -2.87. The third kappa shape index (κ3) is 2.68. The molecule has 0 radical (unpaired) electrons. The summed E-state index contributed by atoms with van der Waals surface area (Å²) in [5.74, 6) is -0.444. The number of benzene rings is 1. The molecule has 0 bridgehead atoms. The lowest BCUT2D eigenvalue weighted by molar-refractivity contribution is -0.0604. The van der Waals surface area contributed by atoms with E-state index in [1.807, 2.05) is 16.5 Å². The molecule has 0 saturated carbocycles. The molecule has 0 spiro atoms. The van der Waals surface area contributed by atoms with Crippen LogP contribution in [0.5, 0.6) is 0 Å². The zero-order valence-corrected chi connectivity index (χ0v) is 14.8. The number of carbonyl (C=O) groups is 1. The van der Waals surface area contributed by atoms with Crippen LogP contribution in [-0.4, -0.2) is 50.0 Å². The van der Waals surface area contributed by atoms with E-state index in [9.17, 15) is 9.18 Å². The van der Waals surface area contributed by atoms with Crippen LogP contribution in [0.1, 0.15) is 34.2 Å². The Morgan fingerprint density at radius 2 is 2.22 bits per heavy atom. The lowest BCUT2D eigenvalue weighted by atomic mass is 9.98. The second-order valence-corrected chi connectivity index (χ2v) is 7.10. The average Bonchev–Trinajstić information content (AvgIpc) is 3.15. The van der Waals surface area contributed by atoms with Gasteiger partial charge in [-0.15, -0.1) is 5.10 Å². The van der Waals surface area contributed by atoms with Crippen molar-refractivity contribution in [1.82, 2.24) is 24.9 Å². The molecule has 3 aromatic rings. The van der Waals surface area contributed by atoms with Crippen molar-refractivity contribution in [2.45, 2.75) is 32.1 Å². The van der Waals surface area contributed by atoms with Crippen molar-refractivity contribution in [3.8, 4) is 0 Å². The topological polar surface area (TPSA) is 73.1 Å². The first-order valence-electron chi connectivity index (χ1n) is 8.97. The number of likely N-dealkylation sites (tertiary alicyclic amines) is 1. The number of fused-ring (bicyclic) bond motifs is 4. The second-order valence-electron chi connectivity index (χ2n) is 7.10. The molecule has 0 N–H and O–H groups in total. The molecule has 2 aliphatic heterocycles. The number of aromatic nitrogens is 4. The summed E-state index contributed by atoms with van der Waals surface area (Å²) in [6.07, 6.45) is 2.48. The largest absolute Gasteiger partial charge is 0.370 e. The molecule has 2 aromatic heterocycles. The first kappa shape index (κ1) is 16.3. The molecule has 7 nitrogen and oxygen atoms in total. The minimum Gasteiger partial charge on any atom is -0.370 e. The first-order chi connectivity index (χ1) is 13.1. The van der Waals surface area contributed by atoms with Crippen LogP contribution in [-0.2, 0) is 11.3 Å². The molecule has 1 saturated heterocycles. The monoisotopic (exact) mass is 367 g/mol. The third-order valence-corrected chi connectivity index (χ3v) is 5.35. The fraction of sp³-hybridized carbons (Fsp3) is 0.368. The van der Waals surface area contributed by atoms with Crippen LogP contribution in [0.2, 0.25) is 0 Å². The van der Waals surface area contributed by atoms with Crippen molar-refractivity contribution in [2.24, 2.45) is 0 Å². The lowest BCUT2D eigenvalue weighted by Crippen LogP contribution is -2.50. The van der Waals surface area contributed by atoms with Gasteiger partial charge in [-0.2, -0.15) is 0 Å². The van der Waals surface area contributed by atoms with Crippen molar-refractivity contribution in [2.75, 3.05) is 13.1 Å². The van der Waals surface area contributed by atoms with Gasteiger partial charge in [-0.05, 0) is 31.5 Å². The third-order valence-electron chi connectivity index (χ3n) is 5.35. The Morgan fingerprint density at radius 3 is 3.11 bits per heavy atom. The predicted molar refractivity (Wildman–Crippen MR) is 94.6 cm³/mol. The number of rotatable bonds is 1. The van der Waals surface area contributed by atoms with Crippen LogP contribution >= 0.6 is 0 Å². The molecular formula is C19H18FN5O2. The van der Waals surface area contributed by atoms with E-state index < -0.39 is 0 Å². The van der Waals surface area contributed by atoms with Crippen molar-refractivity contribution in [1.29, 1.82) is 0 Å². The summed E-state index contributed by atoms with van der Waals surface area (Å²) < 4.78 is 21.4. The molecule has 27 heavy (non-hydrogen) atoms.